The molecule has 2 rings (SSSR count). The fourth-order valence-corrected chi connectivity index (χ4v) is 4.92. The predicted octanol–water partition coefficient (Wildman–Crippen LogP) is 5.12. The van der Waals surface area contributed by atoms with Gasteiger partial charge in [0.25, 0.3) is 0 Å². The average Bonchev–Trinajstić information content (AvgIpc) is 2.42. The molecule has 0 fully saturated rings. The zero-order valence-corrected chi connectivity index (χ0v) is 16.2. The summed E-state index contributed by atoms with van der Waals surface area (Å²) in [5, 5.41) is 10.5. The second kappa shape index (κ2) is 7.00. The number of aliphatic hydroxyl groups excluding tert-OH is 1. The maximum Gasteiger partial charge on any atom is 0.185 e. The number of ketones is 1. The molecule has 1 N–H and O–H groups in total. The minimum absolute atomic E-state index is 0.00815. The molecule has 0 aromatic rings. The van der Waals surface area contributed by atoms with Crippen LogP contribution in [0.5, 0.6) is 0 Å². The third-order valence-electron chi connectivity index (χ3n) is 5.45. The molecule has 0 aliphatic heterocycles. The summed E-state index contributed by atoms with van der Waals surface area (Å²) in [5.41, 5.74) is 3.16. The molecule has 2 bridgehead atoms. The summed E-state index contributed by atoms with van der Waals surface area (Å²) in [7, 11) is 0. The number of hydrogen-bond acceptors (Lipinski definition) is 2. The van der Waals surface area contributed by atoms with E-state index in [9.17, 15) is 9.90 Å². The van der Waals surface area contributed by atoms with Crippen molar-refractivity contribution in [3.05, 3.63) is 32.5 Å². The highest BCUT2D eigenvalue weighted by atomic mass is 127. The van der Waals surface area contributed by atoms with Gasteiger partial charge in [0.05, 0.1) is 6.10 Å². The van der Waals surface area contributed by atoms with E-state index in [1.165, 1.54) is 5.57 Å². The van der Waals surface area contributed by atoms with Crippen LogP contribution in [0.15, 0.2) is 32.5 Å². The highest BCUT2D eigenvalue weighted by Crippen LogP contribution is 2.51. The number of fused-ring (bicyclic) bond motifs is 1. The summed E-state index contributed by atoms with van der Waals surface area (Å²) in [4.78, 5) is 12.7. The van der Waals surface area contributed by atoms with Gasteiger partial charge in [0.1, 0.15) is 0 Å². The number of rotatable bonds is 0. The second-order valence-electron chi connectivity index (χ2n) is 7.24. The van der Waals surface area contributed by atoms with Gasteiger partial charge in [-0.2, -0.15) is 0 Å². The highest BCUT2D eigenvalue weighted by molar-refractivity contribution is 14.1. The normalized spacial score (nSPS) is 39.3. The maximum atomic E-state index is 12.7. The van der Waals surface area contributed by atoms with Crippen molar-refractivity contribution in [3.63, 3.8) is 0 Å². The summed E-state index contributed by atoms with van der Waals surface area (Å²) >= 11 is 2.32. The number of carbonyl (C=O) groups excluding carboxylic acids is 1. The second-order valence-corrected chi connectivity index (χ2v) is 8.32. The molecule has 0 saturated carbocycles. The van der Waals surface area contributed by atoms with E-state index in [4.69, 9.17) is 0 Å². The van der Waals surface area contributed by atoms with Crippen molar-refractivity contribution in [2.75, 3.05) is 0 Å². The van der Waals surface area contributed by atoms with Crippen molar-refractivity contribution in [2.24, 2.45) is 11.3 Å². The van der Waals surface area contributed by atoms with Crippen LogP contribution >= 0.6 is 22.6 Å². The van der Waals surface area contributed by atoms with E-state index in [2.05, 4.69) is 49.4 Å². The zero-order valence-electron chi connectivity index (χ0n) is 14.1. The van der Waals surface area contributed by atoms with Gasteiger partial charge in [-0.25, -0.2) is 0 Å². The van der Waals surface area contributed by atoms with Crippen molar-refractivity contribution in [2.45, 2.75) is 65.9 Å². The van der Waals surface area contributed by atoms with Gasteiger partial charge in [0.2, 0.25) is 0 Å². The standard InChI is InChI=1S/C19H27IO2/c1-12-6-5-7-13(2)10-15(21)17-16(22)11-14(3)19(4,9-8-12)18(17)20/h6,10,14,16,22H,5,7-9,11H2,1-4H3/b12-6-,13-10-/t14-,16+,19+/m1/s1. The van der Waals surface area contributed by atoms with Crippen LogP contribution in [0, 0.1) is 11.3 Å². The minimum atomic E-state index is -0.619. The van der Waals surface area contributed by atoms with Gasteiger partial charge in [-0.05, 0) is 80.5 Å². The first-order valence-electron chi connectivity index (χ1n) is 8.21. The molecule has 0 radical (unpaired) electrons. The van der Waals surface area contributed by atoms with Crippen molar-refractivity contribution in [1.82, 2.24) is 0 Å². The molecule has 0 spiro atoms. The molecule has 3 atom stereocenters. The summed E-state index contributed by atoms with van der Waals surface area (Å²) in [6.07, 6.45) is 8.12. The molecule has 2 aliphatic rings. The van der Waals surface area contributed by atoms with E-state index in [-0.39, 0.29) is 11.2 Å². The first-order chi connectivity index (χ1) is 10.3. The van der Waals surface area contributed by atoms with Crippen LogP contribution in [-0.2, 0) is 4.79 Å². The van der Waals surface area contributed by atoms with E-state index in [1.54, 1.807) is 6.08 Å². The van der Waals surface area contributed by atoms with Crippen LogP contribution in [0.2, 0.25) is 0 Å². The first-order valence-corrected chi connectivity index (χ1v) is 9.29. The molecule has 2 aliphatic carbocycles. The summed E-state index contributed by atoms with van der Waals surface area (Å²) < 4.78 is 1.07. The monoisotopic (exact) mass is 414 g/mol. The van der Waals surface area contributed by atoms with Crippen molar-refractivity contribution >= 4 is 28.4 Å². The van der Waals surface area contributed by atoms with Crippen molar-refractivity contribution in [3.8, 4) is 0 Å². The maximum absolute atomic E-state index is 12.7. The molecule has 22 heavy (non-hydrogen) atoms. The Kier molecular flexibility index (Phi) is 5.70. The number of halogens is 1. The smallest absolute Gasteiger partial charge is 0.185 e. The fraction of sp³-hybridized carbons (Fsp3) is 0.632. The lowest BCUT2D eigenvalue weighted by Gasteiger charge is -2.43. The zero-order chi connectivity index (χ0) is 16.5. The molecule has 0 heterocycles. The number of carbonyl (C=O) groups is 1. The molecule has 0 aromatic carbocycles. The van der Waals surface area contributed by atoms with Crippen LogP contribution in [-0.4, -0.2) is 17.0 Å². The van der Waals surface area contributed by atoms with Gasteiger partial charge in [0, 0.05) is 14.6 Å². The van der Waals surface area contributed by atoms with E-state index < -0.39 is 6.10 Å². The van der Waals surface area contributed by atoms with Crippen LogP contribution in [0.25, 0.3) is 0 Å². The Morgan fingerprint density at radius 1 is 1.27 bits per heavy atom. The average molecular weight is 414 g/mol. The number of allylic oxidation sites excluding steroid dienone is 5. The molecule has 122 valence electrons. The molecular weight excluding hydrogens is 387 g/mol. The van der Waals surface area contributed by atoms with E-state index in [0.29, 0.717) is 17.9 Å². The van der Waals surface area contributed by atoms with Crippen LogP contribution < -0.4 is 0 Å². The van der Waals surface area contributed by atoms with Crippen molar-refractivity contribution in [1.29, 1.82) is 0 Å². The fourth-order valence-electron chi connectivity index (χ4n) is 3.49. The van der Waals surface area contributed by atoms with Crippen LogP contribution in [0.1, 0.15) is 59.8 Å². The van der Waals surface area contributed by atoms with Crippen molar-refractivity contribution < 1.29 is 9.90 Å². The third-order valence-corrected chi connectivity index (χ3v) is 7.26. The van der Waals surface area contributed by atoms with Gasteiger partial charge in [0.15, 0.2) is 5.78 Å². The van der Waals surface area contributed by atoms with E-state index >= 15 is 0 Å². The Balaban J connectivity index is 2.53. The summed E-state index contributed by atoms with van der Waals surface area (Å²) in [5.74, 6) is 0.389. The molecule has 3 heteroatoms. The topological polar surface area (TPSA) is 37.3 Å². The lowest BCUT2D eigenvalue weighted by atomic mass is 9.66. The van der Waals surface area contributed by atoms with Crippen LogP contribution in [0.4, 0.5) is 0 Å². The Hall–Kier alpha value is -0.420. The van der Waals surface area contributed by atoms with E-state index in [1.807, 2.05) is 6.92 Å². The van der Waals surface area contributed by atoms with Gasteiger partial charge in [-0.3, -0.25) is 4.79 Å². The summed E-state index contributed by atoms with van der Waals surface area (Å²) in [6.45, 7) is 8.68. The quantitative estimate of drug-likeness (QED) is 0.442. The molecule has 0 unspecified atom stereocenters. The van der Waals surface area contributed by atoms with Gasteiger partial charge < -0.3 is 5.11 Å². The lowest BCUT2D eigenvalue weighted by molar-refractivity contribution is -0.112. The molecule has 2 nitrogen and oxygen atoms in total. The molecular formula is C19H27IO2. The molecule has 0 aromatic heterocycles. The first kappa shape index (κ1) is 17.9. The van der Waals surface area contributed by atoms with Gasteiger partial charge in [-0.15, -0.1) is 0 Å². The molecule has 0 amide bonds. The largest absolute Gasteiger partial charge is 0.388 e. The summed E-state index contributed by atoms with van der Waals surface area (Å²) in [6, 6.07) is 0. The highest BCUT2D eigenvalue weighted by Gasteiger charge is 2.43. The number of aliphatic hydroxyl groups is 1. The number of hydrogen-bond donors (Lipinski definition) is 1. The van der Waals surface area contributed by atoms with E-state index in [0.717, 1.165) is 34.8 Å². The minimum Gasteiger partial charge on any atom is -0.388 e. The Morgan fingerprint density at radius 2 is 1.95 bits per heavy atom. The van der Waals surface area contributed by atoms with Crippen LogP contribution in [0.3, 0.4) is 0 Å². The predicted molar refractivity (Wildman–Crippen MR) is 99.9 cm³/mol. The Bertz CT molecular complexity index is 556. The van der Waals surface area contributed by atoms with Gasteiger partial charge in [-0.1, -0.05) is 31.1 Å². The lowest BCUT2D eigenvalue weighted by Crippen LogP contribution is -2.38. The molecule has 0 saturated heterocycles. The van der Waals surface area contributed by atoms with Gasteiger partial charge >= 0.3 is 0 Å². The SMILES string of the molecule is C/C1=C/C(=O)C2=C(I)[C@@](C)(CC/C(C)=C\CC1)[C@H](C)C[C@@H]2O. The Morgan fingerprint density at radius 3 is 2.64 bits per heavy atom. The Labute approximate surface area is 147 Å². The third kappa shape index (κ3) is 3.56.